The summed E-state index contributed by atoms with van der Waals surface area (Å²) in [4.78, 5) is 5.58. The van der Waals surface area contributed by atoms with Gasteiger partial charge in [-0.05, 0) is 32.4 Å². The summed E-state index contributed by atoms with van der Waals surface area (Å²) in [5, 5.41) is 14.4. The first-order valence-corrected chi connectivity index (χ1v) is 9.22. The van der Waals surface area contributed by atoms with Crippen molar-refractivity contribution in [1.29, 1.82) is 0 Å². The van der Waals surface area contributed by atoms with Crippen molar-refractivity contribution in [2.75, 3.05) is 13.2 Å². The molecule has 2 atom stereocenters. The first-order chi connectivity index (χ1) is 11.4. The van der Waals surface area contributed by atoms with E-state index in [9.17, 15) is 5.11 Å². The van der Waals surface area contributed by atoms with E-state index in [1.165, 1.54) is 0 Å². The summed E-state index contributed by atoms with van der Waals surface area (Å²) in [6.45, 7) is 9.74. The van der Waals surface area contributed by atoms with Gasteiger partial charge in [0.15, 0.2) is 10.8 Å². The lowest BCUT2D eigenvalue weighted by Gasteiger charge is -2.60. The molecule has 0 spiro atoms. The smallest absolute Gasteiger partial charge is 0.162 e. The third-order valence-corrected chi connectivity index (χ3v) is 6.33. The number of nitrogens with one attached hydrogen (secondary N) is 1. The Kier molecular flexibility index (Phi) is 4.84. The summed E-state index contributed by atoms with van der Waals surface area (Å²) in [6, 6.07) is 3.89. The number of aryl methyl sites for hydroxylation is 1. The van der Waals surface area contributed by atoms with Crippen LogP contribution in [0, 0.1) is 12.3 Å². The Balaban J connectivity index is 1.66. The molecule has 2 aromatic heterocycles. The Morgan fingerprint density at radius 2 is 2.25 bits per heavy atom. The molecule has 5 nitrogen and oxygen atoms in total. The minimum atomic E-state index is -0.307. The van der Waals surface area contributed by atoms with Gasteiger partial charge >= 0.3 is 0 Å². The second-order valence-corrected chi connectivity index (χ2v) is 8.12. The van der Waals surface area contributed by atoms with Crippen molar-refractivity contribution in [3.8, 4) is 10.8 Å². The van der Waals surface area contributed by atoms with Crippen molar-refractivity contribution in [3.05, 3.63) is 29.0 Å². The van der Waals surface area contributed by atoms with Gasteiger partial charge in [0.05, 0.1) is 18.2 Å². The molecule has 2 N–H and O–H groups in total. The van der Waals surface area contributed by atoms with E-state index in [0.717, 1.165) is 27.8 Å². The van der Waals surface area contributed by atoms with Gasteiger partial charge in [0.2, 0.25) is 0 Å². The van der Waals surface area contributed by atoms with Crippen molar-refractivity contribution >= 4 is 11.3 Å². The Morgan fingerprint density at radius 1 is 1.46 bits per heavy atom. The third kappa shape index (κ3) is 2.92. The zero-order valence-corrected chi connectivity index (χ0v) is 15.6. The summed E-state index contributed by atoms with van der Waals surface area (Å²) in [5.74, 6) is 1.69. The number of furan rings is 1. The van der Waals surface area contributed by atoms with Gasteiger partial charge in [-0.2, -0.15) is 0 Å². The minimum absolute atomic E-state index is 0.104. The third-order valence-electron chi connectivity index (χ3n) is 5.32. The molecular formula is C18H26N2O3S. The van der Waals surface area contributed by atoms with Crippen LogP contribution in [0.1, 0.15) is 37.8 Å². The van der Waals surface area contributed by atoms with E-state index in [4.69, 9.17) is 9.15 Å². The van der Waals surface area contributed by atoms with Crippen LogP contribution in [0.5, 0.6) is 0 Å². The van der Waals surface area contributed by atoms with Gasteiger partial charge in [-0.3, -0.25) is 0 Å². The first-order valence-electron chi connectivity index (χ1n) is 8.41. The number of aromatic nitrogens is 1. The number of hydrogen-bond donors (Lipinski definition) is 2. The highest BCUT2D eigenvalue weighted by molar-refractivity contribution is 7.14. The lowest BCUT2D eigenvalue weighted by atomic mass is 9.54. The molecule has 0 saturated heterocycles. The summed E-state index contributed by atoms with van der Waals surface area (Å²) in [7, 11) is 0. The number of ether oxygens (including phenoxy) is 1. The van der Waals surface area contributed by atoms with Crippen LogP contribution in [0.15, 0.2) is 22.7 Å². The highest BCUT2D eigenvalue weighted by atomic mass is 32.1. The number of aliphatic hydroxyl groups is 1. The van der Waals surface area contributed by atoms with Crippen LogP contribution in [-0.2, 0) is 11.3 Å². The molecule has 0 amide bonds. The molecule has 132 valence electrons. The van der Waals surface area contributed by atoms with Gasteiger partial charge < -0.3 is 19.6 Å². The maximum absolute atomic E-state index is 9.98. The summed E-state index contributed by atoms with van der Waals surface area (Å²) >= 11 is 1.62. The zero-order chi connectivity index (χ0) is 17.4. The molecule has 1 saturated carbocycles. The largest absolute Gasteiger partial charge is 0.459 e. The van der Waals surface area contributed by atoms with Crippen LogP contribution in [0.25, 0.3) is 10.8 Å². The van der Waals surface area contributed by atoms with Crippen LogP contribution >= 0.6 is 11.3 Å². The van der Waals surface area contributed by atoms with Crippen molar-refractivity contribution in [1.82, 2.24) is 10.3 Å². The summed E-state index contributed by atoms with van der Waals surface area (Å²) in [5.41, 5.74) is -0.415. The van der Waals surface area contributed by atoms with E-state index < -0.39 is 0 Å². The molecule has 0 aliphatic heterocycles. The van der Waals surface area contributed by atoms with Crippen LogP contribution in [0.2, 0.25) is 0 Å². The Hall–Kier alpha value is -1.21. The van der Waals surface area contributed by atoms with Crippen molar-refractivity contribution in [2.45, 2.75) is 52.3 Å². The standard InChI is InChI=1S/C18H26N2O3S/c1-5-22-15-8-18(11-21,17(15,3)4)20-10-13-9-19-16(24-13)14-7-6-12(2)23-14/h6-7,9,15,20-21H,5,8,10-11H2,1-4H3/t15-,18-/m0/s1. The quantitative estimate of drug-likeness (QED) is 0.801. The predicted octanol–water partition coefficient (Wildman–Crippen LogP) is 3.37. The Labute approximate surface area is 147 Å². The highest BCUT2D eigenvalue weighted by Crippen LogP contribution is 2.51. The monoisotopic (exact) mass is 350 g/mol. The molecule has 0 radical (unpaired) electrons. The van der Waals surface area contributed by atoms with Crippen molar-refractivity contribution < 1.29 is 14.3 Å². The van der Waals surface area contributed by atoms with Gasteiger partial charge in [0, 0.05) is 29.6 Å². The van der Waals surface area contributed by atoms with Crippen LogP contribution in [0.3, 0.4) is 0 Å². The molecule has 1 aliphatic carbocycles. The van der Waals surface area contributed by atoms with Crippen LogP contribution < -0.4 is 5.32 Å². The average molecular weight is 350 g/mol. The van der Waals surface area contributed by atoms with Gasteiger partial charge in [0.25, 0.3) is 0 Å². The Bertz CT molecular complexity index is 694. The normalized spacial score (nSPS) is 25.6. The van der Waals surface area contributed by atoms with Gasteiger partial charge in [-0.25, -0.2) is 4.98 Å². The fourth-order valence-electron chi connectivity index (χ4n) is 3.41. The molecule has 24 heavy (non-hydrogen) atoms. The van der Waals surface area contributed by atoms with Crippen molar-refractivity contribution in [3.63, 3.8) is 0 Å². The first kappa shape index (κ1) is 17.6. The number of thiazole rings is 1. The second kappa shape index (κ2) is 6.59. The molecule has 6 heteroatoms. The fourth-order valence-corrected chi connectivity index (χ4v) is 4.23. The summed E-state index contributed by atoms with van der Waals surface area (Å²) in [6.07, 6.45) is 2.89. The molecule has 1 fully saturated rings. The SMILES string of the molecule is CCO[C@H]1C[C@@](CO)(NCc2cnc(-c3ccc(C)o3)s2)C1(C)C. The van der Waals surface area contributed by atoms with Gasteiger partial charge in [-0.1, -0.05) is 13.8 Å². The van der Waals surface area contributed by atoms with E-state index in [0.29, 0.717) is 13.2 Å². The van der Waals surface area contributed by atoms with Crippen LogP contribution in [-0.4, -0.2) is 34.9 Å². The summed E-state index contributed by atoms with van der Waals surface area (Å²) < 4.78 is 11.4. The Morgan fingerprint density at radius 3 is 2.83 bits per heavy atom. The lowest BCUT2D eigenvalue weighted by molar-refractivity contribution is -0.177. The van der Waals surface area contributed by atoms with Crippen molar-refractivity contribution in [2.24, 2.45) is 5.41 Å². The maximum Gasteiger partial charge on any atom is 0.162 e. The zero-order valence-electron chi connectivity index (χ0n) is 14.8. The molecule has 1 aliphatic rings. The molecule has 2 aromatic rings. The number of nitrogens with zero attached hydrogens (tertiary/aromatic N) is 1. The van der Waals surface area contributed by atoms with E-state index in [-0.39, 0.29) is 23.7 Å². The molecule has 0 bridgehead atoms. The van der Waals surface area contributed by atoms with E-state index in [1.54, 1.807) is 11.3 Å². The fraction of sp³-hybridized carbons (Fsp3) is 0.611. The van der Waals surface area contributed by atoms with E-state index in [2.05, 4.69) is 24.1 Å². The number of hydrogen-bond acceptors (Lipinski definition) is 6. The molecule has 0 unspecified atom stereocenters. The number of aliphatic hydroxyl groups excluding tert-OH is 1. The lowest BCUT2D eigenvalue weighted by Crippen LogP contribution is -2.73. The maximum atomic E-state index is 9.98. The minimum Gasteiger partial charge on any atom is -0.459 e. The van der Waals surface area contributed by atoms with Gasteiger partial charge in [0.1, 0.15) is 5.76 Å². The van der Waals surface area contributed by atoms with E-state index in [1.807, 2.05) is 32.2 Å². The molecule has 2 heterocycles. The van der Waals surface area contributed by atoms with E-state index >= 15 is 0 Å². The highest BCUT2D eigenvalue weighted by Gasteiger charge is 2.60. The molecular weight excluding hydrogens is 324 g/mol. The van der Waals surface area contributed by atoms with Gasteiger partial charge in [-0.15, -0.1) is 11.3 Å². The predicted molar refractivity (Wildman–Crippen MR) is 95.0 cm³/mol. The topological polar surface area (TPSA) is 67.5 Å². The molecule has 3 rings (SSSR count). The second-order valence-electron chi connectivity index (χ2n) is 7.01. The number of rotatable bonds is 7. The average Bonchev–Trinajstić information content (AvgIpc) is 3.19. The molecule has 0 aromatic carbocycles. The van der Waals surface area contributed by atoms with Crippen LogP contribution in [0.4, 0.5) is 0 Å².